The predicted octanol–water partition coefficient (Wildman–Crippen LogP) is 9.04. The first-order chi connectivity index (χ1) is 21.8. The first-order valence-corrected chi connectivity index (χ1v) is 11.7. The fraction of sp³-hybridized carbons (Fsp3) is 0.176. The Morgan fingerprint density at radius 3 is 2.34 bits per heavy atom. The van der Waals surface area contributed by atoms with Gasteiger partial charge in [-0.1, -0.05) is 67.5 Å². The molecule has 1 radical (unpaired) electrons. The van der Waals surface area contributed by atoms with Gasteiger partial charge in [0.15, 0.2) is 0 Å². The number of benzene rings is 3. The van der Waals surface area contributed by atoms with Crippen LogP contribution in [0.25, 0.3) is 44.5 Å². The fourth-order valence-electron chi connectivity index (χ4n) is 3.95. The molecule has 0 amide bonds. The maximum absolute atomic E-state index is 8.25. The molecule has 0 aliphatic rings. The quantitative estimate of drug-likeness (QED) is 0.175. The number of fused-ring (bicyclic) bond motifs is 3. The maximum atomic E-state index is 8.25. The van der Waals surface area contributed by atoms with Crippen molar-refractivity contribution in [3.8, 4) is 22.5 Å². The van der Waals surface area contributed by atoms with E-state index in [0.717, 1.165) is 16.3 Å². The van der Waals surface area contributed by atoms with E-state index in [1.165, 1.54) is 24.4 Å². The maximum Gasteiger partial charge on any atom is 0.121 e. The number of rotatable bonds is 3. The van der Waals surface area contributed by atoms with E-state index in [9.17, 15) is 0 Å². The van der Waals surface area contributed by atoms with Gasteiger partial charge in [-0.15, -0.1) is 53.6 Å². The van der Waals surface area contributed by atoms with Gasteiger partial charge < -0.3 is 14.4 Å². The topological polar surface area (TPSA) is 38.9 Å². The number of furan rings is 1. The van der Waals surface area contributed by atoms with Crippen molar-refractivity contribution in [2.24, 2.45) is 0 Å². The van der Waals surface area contributed by atoms with Gasteiger partial charge in [-0.3, -0.25) is 0 Å². The SMILES string of the molecule is [2H]C([2H])([2H])c1c[c-]c(-c2ccc(C([2H])([2H])[2H])cn2)cc1.[2H]C([2H])([2H])c1ccc2c(c1)oc1c(-c3cc(C([2H])(C)C)ccn3)[c-]ccc12.[Ir]. The molecule has 0 atom stereocenters. The first kappa shape index (κ1) is 17.1. The molecule has 0 bridgehead atoms. The van der Waals surface area contributed by atoms with Crippen LogP contribution in [0.15, 0.2) is 89.6 Å². The molecule has 0 aliphatic carbocycles. The molecule has 193 valence electrons. The van der Waals surface area contributed by atoms with Gasteiger partial charge in [0.2, 0.25) is 0 Å². The summed E-state index contributed by atoms with van der Waals surface area (Å²) in [6.45, 7) is -2.87. The molecule has 0 fully saturated rings. The average Bonchev–Trinajstić information content (AvgIpc) is 3.38. The zero-order valence-corrected chi connectivity index (χ0v) is 23.1. The Labute approximate surface area is 252 Å². The second-order valence-electron chi connectivity index (χ2n) is 8.76. The summed E-state index contributed by atoms with van der Waals surface area (Å²) in [5.41, 5.74) is 5.15. The molecule has 6 aromatic rings. The van der Waals surface area contributed by atoms with Gasteiger partial charge in [0.05, 0.1) is 5.58 Å². The number of nitrogens with zero attached hydrogens (tertiary/aromatic N) is 2. The summed E-state index contributed by atoms with van der Waals surface area (Å²) in [5, 5.41) is 1.73. The van der Waals surface area contributed by atoms with Crippen LogP contribution in [-0.4, -0.2) is 9.97 Å². The minimum Gasteiger partial charge on any atom is -0.501 e. The van der Waals surface area contributed by atoms with Crippen molar-refractivity contribution in [2.75, 3.05) is 0 Å². The normalized spacial score (nSPS) is 15.9. The van der Waals surface area contributed by atoms with Gasteiger partial charge in [0.1, 0.15) is 5.58 Å². The molecular weight excluding hydrogens is 645 g/mol. The molecule has 0 saturated carbocycles. The second kappa shape index (κ2) is 11.9. The van der Waals surface area contributed by atoms with Crippen molar-refractivity contribution in [2.45, 2.75) is 40.3 Å². The van der Waals surface area contributed by atoms with Crippen molar-refractivity contribution >= 4 is 21.9 Å². The molecular formula is C34H30IrN2O-2. The Kier molecular flexibility index (Phi) is 5.33. The smallest absolute Gasteiger partial charge is 0.121 e. The van der Waals surface area contributed by atoms with Crippen LogP contribution in [0.3, 0.4) is 0 Å². The van der Waals surface area contributed by atoms with Crippen LogP contribution in [0, 0.1) is 32.7 Å². The van der Waals surface area contributed by atoms with E-state index in [2.05, 4.69) is 22.1 Å². The Morgan fingerprint density at radius 2 is 1.63 bits per heavy atom. The minimum atomic E-state index is -2.18. The van der Waals surface area contributed by atoms with Crippen molar-refractivity contribution in [1.82, 2.24) is 9.97 Å². The monoisotopic (exact) mass is 685 g/mol. The van der Waals surface area contributed by atoms with E-state index in [1.807, 2.05) is 38.1 Å². The van der Waals surface area contributed by atoms with Crippen molar-refractivity contribution < 1.29 is 38.2 Å². The number of aryl methyl sites for hydroxylation is 3. The summed E-state index contributed by atoms with van der Waals surface area (Å²) < 4.78 is 80.7. The van der Waals surface area contributed by atoms with E-state index in [0.29, 0.717) is 33.7 Å². The Balaban J connectivity index is 0.000000222. The van der Waals surface area contributed by atoms with E-state index in [4.69, 9.17) is 18.1 Å². The van der Waals surface area contributed by atoms with Gasteiger partial charge in [-0.2, -0.15) is 0 Å². The van der Waals surface area contributed by atoms with Crippen LogP contribution < -0.4 is 0 Å². The van der Waals surface area contributed by atoms with Gasteiger partial charge in [0.25, 0.3) is 0 Å². The summed E-state index contributed by atoms with van der Waals surface area (Å²) in [6, 6.07) is 26.0. The molecule has 0 unspecified atom stereocenters. The predicted molar refractivity (Wildman–Crippen MR) is 153 cm³/mol. The molecule has 0 spiro atoms. The van der Waals surface area contributed by atoms with Crippen molar-refractivity contribution in [3.63, 3.8) is 0 Å². The molecule has 4 heteroatoms. The third-order valence-electron chi connectivity index (χ3n) is 5.88. The van der Waals surface area contributed by atoms with Crippen LogP contribution in [0.4, 0.5) is 0 Å². The van der Waals surface area contributed by atoms with Gasteiger partial charge in [0, 0.05) is 51.6 Å². The zero-order chi connectivity index (χ0) is 34.4. The molecule has 6 rings (SSSR count). The van der Waals surface area contributed by atoms with Gasteiger partial charge in [-0.25, -0.2) is 0 Å². The van der Waals surface area contributed by atoms with Crippen LogP contribution >= 0.6 is 0 Å². The summed E-state index contributed by atoms with van der Waals surface area (Å²) in [7, 11) is 0. The summed E-state index contributed by atoms with van der Waals surface area (Å²) >= 11 is 0. The number of hydrogen-bond acceptors (Lipinski definition) is 3. The van der Waals surface area contributed by atoms with Crippen LogP contribution in [0.1, 0.15) is 55.7 Å². The van der Waals surface area contributed by atoms with E-state index in [-0.39, 0.29) is 36.8 Å². The largest absolute Gasteiger partial charge is 0.501 e. The first-order valence-electron chi connectivity index (χ1n) is 16.7. The molecule has 0 saturated heterocycles. The zero-order valence-electron chi connectivity index (χ0n) is 30.7. The standard InChI is InChI=1S/C21H18NO.C13H12N.Ir/c1-13(2)15-9-10-22-19(12-15)18-6-4-5-17-16-8-7-14(3)11-20(16)23-21(17)18;1-10-3-6-12(7-4-10)13-8-5-11(2)9-14-13;/h4-5,7-13H,1-3H3;3-6,8-9H,1-2H3;/q2*-1;/i3D3,13D;1D3,2D3;. The fourth-order valence-corrected chi connectivity index (χ4v) is 3.95. The molecule has 3 nitrogen and oxygen atoms in total. The second-order valence-corrected chi connectivity index (χ2v) is 8.76. The Bertz CT molecular complexity index is 1970. The average molecular weight is 685 g/mol. The van der Waals surface area contributed by atoms with E-state index < -0.39 is 26.4 Å². The molecule has 3 aromatic heterocycles. The summed E-state index contributed by atoms with van der Waals surface area (Å²) in [5.74, 6) is -0.742. The number of pyridine rings is 2. The third kappa shape index (κ3) is 5.93. The summed E-state index contributed by atoms with van der Waals surface area (Å²) in [6.07, 6.45) is 2.98. The molecule has 3 heterocycles. The van der Waals surface area contributed by atoms with Gasteiger partial charge in [-0.05, 0) is 54.2 Å². The van der Waals surface area contributed by atoms with Crippen LogP contribution in [-0.2, 0) is 20.1 Å². The molecule has 0 N–H and O–H groups in total. The van der Waals surface area contributed by atoms with Crippen molar-refractivity contribution in [3.05, 3.63) is 120 Å². The van der Waals surface area contributed by atoms with E-state index >= 15 is 0 Å². The van der Waals surface area contributed by atoms with E-state index in [1.54, 1.807) is 36.5 Å². The summed E-state index contributed by atoms with van der Waals surface area (Å²) in [4.78, 5) is 8.51. The third-order valence-corrected chi connectivity index (χ3v) is 5.88. The number of hydrogen-bond donors (Lipinski definition) is 0. The van der Waals surface area contributed by atoms with Crippen molar-refractivity contribution in [1.29, 1.82) is 0 Å². The minimum absolute atomic E-state index is 0. The van der Waals surface area contributed by atoms with Crippen LogP contribution in [0.5, 0.6) is 0 Å². The molecule has 38 heavy (non-hydrogen) atoms. The number of aromatic nitrogens is 2. The Morgan fingerprint density at radius 1 is 0.816 bits per heavy atom. The molecule has 3 aromatic carbocycles. The molecule has 0 aliphatic heterocycles. The van der Waals surface area contributed by atoms with Gasteiger partial charge >= 0.3 is 0 Å². The van der Waals surface area contributed by atoms with Crippen LogP contribution in [0.2, 0.25) is 0 Å². The Hall–Kier alpha value is -3.59.